The van der Waals surface area contributed by atoms with Crippen molar-refractivity contribution in [2.24, 2.45) is 11.3 Å². The van der Waals surface area contributed by atoms with E-state index in [4.69, 9.17) is 0 Å². The fraction of sp³-hybridized carbons (Fsp3) is 1.00. The van der Waals surface area contributed by atoms with Crippen molar-refractivity contribution in [2.75, 3.05) is 6.54 Å². The van der Waals surface area contributed by atoms with Crippen LogP contribution in [0.3, 0.4) is 0 Å². The van der Waals surface area contributed by atoms with Gasteiger partial charge in [-0.2, -0.15) is 0 Å². The first-order valence-electron chi connectivity index (χ1n) is 5.44. The van der Waals surface area contributed by atoms with Crippen molar-refractivity contribution in [2.45, 2.75) is 51.6 Å². The Labute approximate surface area is 75.1 Å². The van der Waals surface area contributed by atoms with Gasteiger partial charge in [-0.15, -0.1) is 0 Å². The van der Waals surface area contributed by atoms with Crippen LogP contribution in [0.1, 0.15) is 39.5 Å². The summed E-state index contributed by atoms with van der Waals surface area (Å²) in [5.41, 5.74) is 0.663. The molecule has 2 bridgehead atoms. The lowest BCUT2D eigenvalue weighted by molar-refractivity contribution is 0.0913. The molecule has 1 saturated carbocycles. The maximum atomic E-state index is 2.80. The molecule has 0 radical (unpaired) electrons. The third-order valence-electron chi connectivity index (χ3n) is 4.57. The van der Waals surface area contributed by atoms with Gasteiger partial charge in [0.2, 0.25) is 0 Å². The fourth-order valence-electron chi connectivity index (χ4n) is 4.09. The molecular weight excluding hydrogens is 146 g/mol. The quantitative estimate of drug-likeness (QED) is 0.532. The molecule has 3 fully saturated rings. The maximum Gasteiger partial charge on any atom is 0.0133 e. The van der Waals surface area contributed by atoms with Gasteiger partial charge in [-0.25, -0.2) is 0 Å². The highest BCUT2D eigenvalue weighted by atomic mass is 15.3. The van der Waals surface area contributed by atoms with Gasteiger partial charge in [0, 0.05) is 12.1 Å². The molecule has 0 aromatic heterocycles. The topological polar surface area (TPSA) is 3.24 Å². The Morgan fingerprint density at radius 2 is 2.17 bits per heavy atom. The second kappa shape index (κ2) is 2.06. The fourth-order valence-corrected chi connectivity index (χ4v) is 4.09. The van der Waals surface area contributed by atoms with Crippen LogP contribution in [0.25, 0.3) is 0 Å². The van der Waals surface area contributed by atoms with E-state index in [1.165, 1.54) is 32.2 Å². The average molecular weight is 165 g/mol. The second-order valence-corrected chi connectivity index (χ2v) is 5.64. The van der Waals surface area contributed by atoms with Crippen molar-refractivity contribution >= 4 is 0 Å². The zero-order valence-corrected chi connectivity index (χ0v) is 8.21. The van der Waals surface area contributed by atoms with Gasteiger partial charge in [0.25, 0.3) is 0 Å². The van der Waals surface area contributed by atoms with Gasteiger partial charge in [0.1, 0.15) is 0 Å². The zero-order valence-electron chi connectivity index (χ0n) is 8.21. The Bertz CT molecular complexity index is 209. The number of nitrogens with zero attached hydrogens (tertiary/aromatic N) is 1. The van der Waals surface area contributed by atoms with Gasteiger partial charge in [-0.05, 0) is 43.6 Å². The summed E-state index contributed by atoms with van der Waals surface area (Å²) < 4.78 is 0. The monoisotopic (exact) mass is 165 g/mol. The van der Waals surface area contributed by atoms with Crippen LogP contribution in [-0.4, -0.2) is 23.5 Å². The SMILES string of the molecule is CC1(C)CC2CC1C1CCCN21. The molecule has 0 N–H and O–H groups in total. The molecule has 0 aromatic rings. The Hall–Kier alpha value is -0.0400. The molecule has 0 aromatic carbocycles. The van der Waals surface area contributed by atoms with Crippen LogP contribution < -0.4 is 0 Å². The molecule has 1 heteroatoms. The summed E-state index contributed by atoms with van der Waals surface area (Å²) in [5, 5.41) is 0. The number of fused-ring (bicyclic) bond motifs is 5. The highest BCUT2D eigenvalue weighted by Crippen LogP contribution is 2.56. The Balaban J connectivity index is 1.93. The predicted octanol–water partition coefficient (Wildman–Crippen LogP) is 2.27. The molecule has 1 nitrogen and oxygen atoms in total. The first-order chi connectivity index (χ1) is 5.68. The molecule has 1 aliphatic carbocycles. The van der Waals surface area contributed by atoms with Gasteiger partial charge in [-0.3, -0.25) is 4.90 Å². The number of hydrogen-bond donors (Lipinski definition) is 0. The maximum absolute atomic E-state index is 2.80. The number of hydrogen-bond acceptors (Lipinski definition) is 1. The normalized spacial score (nSPS) is 50.0. The molecule has 3 unspecified atom stereocenters. The number of rotatable bonds is 0. The lowest BCUT2D eigenvalue weighted by Crippen LogP contribution is -2.42. The summed E-state index contributed by atoms with van der Waals surface area (Å²) in [6.45, 7) is 6.36. The zero-order chi connectivity index (χ0) is 8.34. The first-order valence-corrected chi connectivity index (χ1v) is 5.44. The van der Waals surface area contributed by atoms with Gasteiger partial charge in [0.05, 0.1) is 0 Å². The van der Waals surface area contributed by atoms with Crippen LogP contribution in [0.15, 0.2) is 0 Å². The van der Waals surface area contributed by atoms with Crippen molar-refractivity contribution in [1.82, 2.24) is 4.90 Å². The minimum atomic E-state index is 0.663. The first kappa shape index (κ1) is 7.37. The van der Waals surface area contributed by atoms with Crippen LogP contribution in [0.2, 0.25) is 0 Å². The van der Waals surface area contributed by atoms with E-state index in [2.05, 4.69) is 18.7 Å². The van der Waals surface area contributed by atoms with Crippen molar-refractivity contribution in [1.29, 1.82) is 0 Å². The Morgan fingerprint density at radius 1 is 1.33 bits per heavy atom. The van der Waals surface area contributed by atoms with Crippen LogP contribution in [0.4, 0.5) is 0 Å². The number of piperidine rings is 1. The van der Waals surface area contributed by atoms with Crippen molar-refractivity contribution in [3.8, 4) is 0 Å². The summed E-state index contributed by atoms with van der Waals surface area (Å²) in [7, 11) is 0. The van der Waals surface area contributed by atoms with Gasteiger partial charge >= 0.3 is 0 Å². The lowest BCUT2D eigenvalue weighted by Gasteiger charge is -2.39. The van der Waals surface area contributed by atoms with Gasteiger partial charge in [-0.1, -0.05) is 13.8 Å². The highest BCUT2D eigenvalue weighted by Gasteiger charge is 2.55. The smallest absolute Gasteiger partial charge is 0.0133 e. The average Bonchev–Trinajstić information content (AvgIpc) is 2.53. The molecule has 12 heavy (non-hydrogen) atoms. The summed E-state index contributed by atoms with van der Waals surface area (Å²) in [5.74, 6) is 1.03. The van der Waals surface area contributed by atoms with Crippen molar-refractivity contribution in [3.05, 3.63) is 0 Å². The molecule has 2 saturated heterocycles. The van der Waals surface area contributed by atoms with Crippen molar-refractivity contribution < 1.29 is 0 Å². The summed E-state index contributed by atoms with van der Waals surface area (Å²) in [6, 6.07) is 1.95. The molecule has 2 aliphatic heterocycles. The molecule has 2 heterocycles. The van der Waals surface area contributed by atoms with Gasteiger partial charge < -0.3 is 0 Å². The van der Waals surface area contributed by atoms with Crippen LogP contribution in [0, 0.1) is 11.3 Å². The molecule has 68 valence electrons. The second-order valence-electron chi connectivity index (χ2n) is 5.64. The molecule has 3 atom stereocenters. The predicted molar refractivity (Wildman–Crippen MR) is 50.0 cm³/mol. The molecule has 3 aliphatic rings. The van der Waals surface area contributed by atoms with E-state index in [0.29, 0.717) is 5.41 Å². The minimum absolute atomic E-state index is 0.663. The van der Waals surface area contributed by atoms with Crippen LogP contribution >= 0.6 is 0 Å². The largest absolute Gasteiger partial charge is 0.297 e. The Kier molecular flexibility index (Phi) is 1.27. The van der Waals surface area contributed by atoms with Gasteiger partial charge in [0.15, 0.2) is 0 Å². The third-order valence-corrected chi connectivity index (χ3v) is 4.57. The van der Waals surface area contributed by atoms with Crippen molar-refractivity contribution in [3.63, 3.8) is 0 Å². The van der Waals surface area contributed by atoms with Crippen LogP contribution in [-0.2, 0) is 0 Å². The summed E-state index contributed by atoms with van der Waals surface area (Å²) in [4.78, 5) is 2.80. The van der Waals surface area contributed by atoms with E-state index >= 15 is 0 Å². The summed E-state index contributed by atoms with van der Waals surface area (Å²) >= 11 is 0. The molecular formula is C11H19N. The van der Waals surface area contributed by atoms with E-state index in [1.54, 1.807) is 0 Å². The molecule has 0 amide bonds. The van der Waals surface area contributed by atoms with E-state index < -0.39 is 0 Å². The standard InChI is InChI=1S/C11H19N/c1-11(2)7-8-6-9(11)10-4-3-5-12(8)10/h8-10H,3-7H2,1-2H3. The minimum Gasteiger partial charge on any atom is -0.297 e. The van der Waals surface area contributed by atoms with E-state index in [0.717, 1.165) is 18.0 Å². The summed E-state index contributed by atoms with van der Waals surface area (Å²) in [6.07, 6.45) is 5.93. The molecule has 3 rings (SSSR count). The highest BCUT2D eigenvalue weighted by molar-refractivity contribution is 5.09. The third kappa shape index (κ3) is 0.736. The molecule has 0 spiro atoms. The van der Waals surface area contributed by atoms with E-state index in [9.17, 15) is 0 Å². The lowest BCUT2D eigenvalue weighted by atomic mass is 9.76. The van der Waals surface area contributed by atoms with E-state index in [1.807, 2.05) is 0 Å². The van der Waals surface area contributed by atoms with Crippen LogP contribution in [0.5, 0.6) is 0 Å². The van der Waals surface area contributed by atoms with E-state index in [-0.39, 0.29) is 0 Å². The Morgan fingerprint density at radius 3 is 3.00 bits per heavy atom.